The van der Waals surface area contributed by atoms with E-state index < -0.39 is 10.1 Å². The number of phenolic OH excluding ortho intramolecular Hbond substituents is 1. The molecule has 2 aromatic rings. The maximum absolute atomic E-state index is 13.0. The molecule has 0 saturated heterocycles. The third kappa shape index (κ3) is 5.12. The Morgan fingerprint density at radius 3 is 2.14 bits per heavy atom. The van der Waals surface area contributed by atoms with Gasteiger partial charge in [-0.15, -0.1) is 0 Å². The number of rotatable bonds is 5. The van der Waals surface area contributed by atoms with Crippen LogP contribution < -0.4 is 0 Å². The van der Waals surface area contributed by atoms with E-state index in [1.54, 1.807) is 25.1 Å². The highest BCUT2D eigenvalue weighted by Crippen LogP contribution is 2.45. The molecule has 0 fully saturated rings. The van der Waals surface area contributed by atoms with Gasteiger partial charge in [0.05, 0.1) is 13.9 Å². The summed E-state index contributed by atoms with van der Waals surface area (Å²) in [6.45, 7) is 11.3. The van der Waals surface area contributed by atoms with Gasteiger partial charge in [0.1, 0.15) is 15.9 Å². The molecular formula is C27H27Br2O5S-. The van der Waals surface area contributed by atoms with Gasteiger partial charge in [-0.3, -0.25) is 4.79 Å². The Balaban J connectivity index is 2.64. The predicted octanol–water partition coefficient (Wildman–Crippen LogP) is 7.13. The predicted molar refractivity (Wildman–Crippen MR) is 145 cm³/mol. The van der Waals surface area contributed by atoms with Crippen LogP contribution in [0.2, 0.25) is 0 Å². The van der Waals surface area contributed by atoms with Gasteiger partial charge in [-0.1, -0.05) is 45.9 Å². The SMILES string of the molecule is CC1=C(Br)C(=O)C(C(C)C)=C/C1=C(/c1ccccc1S(=O)(=O)[O-])c1cc(C(C)C)c(O)c(Br)c1C. The van der Waals surface area contributed by atoms with Gasteiger partial charge in [0, 0.05) is 11.1 Å². The molecule has 8 heteroatoms. The van der Waals surface area contributed by atoms with Gasteiger partial charge in [0.2, 0.25) is 0 Å². The molecule has 1 N–H and O–H groups in total. The molecule has 0 heterocycles. The average Bonchev–Trinajstić information content (AvgIpc) is 2.78. The molecule has 0 radical (unpaired) electrons. The van der Waals surface area contributed by atoms with Gasteiger partial charge in [0.25, 0.3) is 0 Å². The fourth-order valence-corrected chi connectivity index (χ4v) is 5.78. The monoisotopic (exact) mass is 621 g/mol. The second kappa shape index (κ2) is 10.2. The van der Waals surface area contributed by atoms with E-state index in [1.807, 2.05) is 40.7 Å². The number of benzene rings is 2. The molecule has 0 aliphatic heterocycles. The minimum Gasteiger partial charge on any atom is -0.744 e. The number of carbonyl (C=O) groups is 1. The molecule has 1 aliphatic rings. The van der Waals surface area contributed by atoms with Gasteiger partial charge in [0.15, 0.2) is 5.78 Å². The van der Waals surface area contributed by atoms with Gasteiger partial charge < -0.3 is 9.66 Å². The highest BCUT2D eigenvalue weighted by molar-refractivity contribution is 9.12. The summed E-state index contributed by atoms with van der Waals surface area (Å²) in [6, 6.07) is 7.91. The van der Waals surface area contributed by atoms with Crippen molar-refractivity contribution in [3.05, 3.63) is 84.3 Å². The first-order valence-corrected chi connectivity index (χ1v) is 14.1. The van der Waals surface area contributed by atoms with Crippen LogP contribution in [0.1, 0.15) is 62.8 Å². The number of carbonyl (C=O) groups excluding carboxylic acids is 1. The first kappa shape index (κ1) is 27.6. The van der Waals surface area contributed by atoms with E-state index in [9.17, 15) is 22.9 Å². The smallest absolute Gasteiger partial charge is 0.196 e. The lowest BCUT2D eigenvalue weighted by molar-refractivity contribution is -0.112. The lowest BCUT2D eigenvalue weighted by Crippen LogP contribution is -2.16. The lowest BCUT2D eigenvalue weighted by Gasteiger charge is -2.26. The van der Waals surface area contributed by atoms with Crippen LogP contribution in [0.5, 0.6) is 5.75 Å². The Hall–Kier alpha value is -2.00. The van der Waals surface area contributed by atoms with Crippen molar-refractivity contribution in [1.29, 1.82) is 0 Å². The largest absolute Gasteiger partial charge is 0.744 e. The van der Waals surface area contributed by atoms with E-state index in [0.29, 0.717) is 47.9 Å². The summed E-state index contributed by atoms with van der Waals surface area (Å²) in [7, 11) is -4.82. The number of phenols is 1. The van der Waals surface area contributed by atoms with Crippen molar-refractivity contribution >= 4 is 53.3 Å². The van der Waals surface area contributed by atoms with E-state index in [2.05, 4.69) is 31.9 Å². The molecule has 1 aliphatic carbocycles. The highest BCUT2D eigenvalue weighted by atomic mass is 79.9. The minimum absolute atomic E-state index is 0.0338. The molecule has 186 valence electrons. The first-order valence-electron chi connectivity index (χ1n) is 11.1. The van der Waals surface area contributed by atoms with Crippen molar-refractivity contribution in [2.24, 2.45) is 5.92 Å². The maximum Gasteiger partial charge on any atom is 0.196 e. The van der Waals surface area contributed by atoms with E-state index >= 15 is 0 Å². The molecule has 35 heavy (non-hydrogen) atoms. The van der Waals surface area contributed by atoms with Gasteiger partial charge in [-0.25, -0.2) is 8.42 Å². The van der Waals surface area contributed by atoms with Crippen LogP contribution in [0, 0.1) is 12.8 Å². The van der Waals surface area contributed by atoms with Crippen LogP contribution in [0.4, 0.5) is 0 Å². The summed E-state index contributed by atoms with van der Waals surface area (Å²) in [6.07, 6.45) is 1.78. The Bertz CT molecular complexity index is 1430. The van der Waals surface area contributed by atoms with Crippen molar-refractivity contribution in [3.8, 4) is 5.75 Å². The molecule has 0 aromatic heterocycles. The second-order valence-electron chi connectivity index (χ2n) is 9.22. The summed E-state index contributed by atoms with van der Waals surface area (Å²) < 4.78 is 37.8. The number of halogens is 2. The molecule has 0 atom stereocenters. The summed E-state index contributed by atoms with van der Waals surface area (Å²) in [4.78, 5) is 12.6. The van der Waals surface area contributed by atoms with Crippen molar-refractivity contribution in [2.45, 2.75) is 52.4 Å². The maximum atomic E-state index is 13.0. The zero-order valence-corrected chi connectivity index (χ0v) is 24.4. The number of Topliss-reactive ketones (excluding diaryl/α,β-unsaturated/α-hetero) is 1. The number of hydrogen-bond donors (Lipinski definition) is 1. The van der Waals surface area contributed by atoms with Crippen LogP contribution in [-0.4, -0.2) is 23.9 Å². The van der Waals surface area contributed by atoms with Crippen molar-refractivity contribution in [1.82, 2.24) is 0 Å². The minimum atomic E-state index is -4.82. The van der Waals surface area contributed by atoms with Crippen molar-refractivity contribution in [2.75, 3.05) is 0 Å². The van der Waals surface area contributed by atoms with Crippen molar-refractivity contribution < 1.29 is 22.9 Å². The first-order chi connectivity index (χ1) is 16.2. The van der Waals surface area contributed by atoms with Crippen LogP contribution in [0.3, 0.4) is 0 Å². The topological polar surface area (TPSA) is 94.5 Å². The molecule has 0 amide bonds. The lowest BCUT2D eigenvalue weighted by atomic mass is 9.81. The fourth-order valence-electron chi connectivity index (χ4n) is 4.21. The zero-order valence-electron chi connectivity index (χ0n) is 20.4. The van der Waals surface area contributed by atoms with Crippen LogP contribution in [0.15, 0.2) is 67.0 Å². The van der Waals surface area contributed by atoms with Crippen LogP contribution >= 0.6 is 31.9 Å². The molecule has 0 saturated carbocycles. The number of ketones is 1. The van der Waals surface area contributed by atoms with Crippen LogP contribution in [-0.2, 0) is 14.9 Å². The van der Waals surface area contributed by atoms with E-state index in [4.69, 9.17) is 0 Å². The molecule has 2 aromatic carbocycles. The molecule has 3 rings (SSSR count). The Kier molecular flexibility index (Phi) is 8.01. The van der Waals surface area contributed by atoms with E-state index in [0.717, 1.165) is 0 Å². The number of allylic oxidation sites excluding steroid dienone is 5. The third-order valence-electron chi connectivity index (χ3n) is 6.22. The quantitative estimate of drug-likeness (QED) is 0.358. The Labute approximate surface area is 223 Å². The summed E-state index contributed by atoms with van der Waals surface area (Å²) in [5, 5.41) is 10.8. The normalized spacial score (nSPS) is 16.3. The Morgan fingerprint density at radius 1 is 1.00 bits per heavy atom. The van der Waals surface area contributed by atoms with Gasteiger partial charge in [-0.2, -0.15) is 0 Å². The van der Waals surface area contributed by atoms with Crippen molar-refractivity contribution in [3.63, 3.8) is 0 Å². The molecule has 0 unspecified atom stereocenters. The summed E-state index contributed by atoms with van der Waals surface area (Å²) in [5.41, 5.74) is 4.55. The number of hydrogen-bond acceptors (Lipinski definition) is 5. The molecule has 0 spiro atoms. The summed E-state index contributed by atoms with van der Waals surface area (Å²) >= 11 is 6.95. The van der Waals surface area contributed by atoms with Gasteiger partial charge >= 0.3 is 0 Å². The zero-order chi connectivity index (χ0) is 26.4. The summed E-state index contributed by atoms with van der Waals surface area (Å²) in [5.74, 6) is -0.136. The van der Waals surface area contributed by atoms with E-state index in [-0.39, 0.29) is 33.8 Å². The average molecular weight is 623 g/mol. The second-order valence-corrected chi connectivity index (χ2v) is 12.2. The highest BCUT2D eigenvalue weighted by Gasteiger charge is 2.29. The molecular weight excluding hydrogens is 596 g/mol. The number of aromatic hydroxyl groups is 1. The van der Waals surface area contributed by atoms with Crippen LogP contribution in [0.25, 0.3) is 5.57 Å². The Morgan fingerprint density at radius 2 is 1.60 bits per heavy atom. The third-order valence-corrected chi connectivity index (χ3v) is 9.04. The standard InChI is InChI=1S/C27H28Br2O5S/c1-13(2)18-11-20(15(5)24(28)26(18)30)23(17-9-7-8-10-22(17)35(32,33)34)21-12-19(14(3)4)27(31)25(29)16(21)6/h7-14,30H,1-6H3,(H,32,33,34)/p-1/b23-21+. The molecule has 5 nitrogen and oxygen atoms in total. The molecule has 0 bridgehead atoms. The fraction of sp³-hybridized carbons (Fsp3) is 0.296. The van der Waals surface area contributed by atoms with E-state index in [1.165, 1.54) is 12.1 Å². The van der Waals surface area contributed by atoms with Gasteiger partial charge in [-0.05, 0) is 109 Å².